The van der Waals surface area contributed by atoms with Crippen molar-refractivity contribution in [1.82, 2.24) is 5.32 Å². The number of amides is 1. The van der Waals surface area contributed by atoms with Crippen molar-refractivity contribution in [3.8, 4) is 0 Å². The minimum atomic E-state index is -0.329. The summed E-state index contributed by atoms with van der Waals surface area (Å²) in [4.78, 5) is 11.6. The molecule has 1 aromatic carbocycles. The van der Waals surface area contributed by atoms with Crippen LogP contribution in [-0.4, -0.2) is 18.0 Å². The SMILES string of the molecule is CC[C@](C)(N)CNC(=O)c1ccccc1. The summed E-state index contributed by atoms with van der Waals surface area (Å²) in [6.07, 6.45) is 0.835. The van der Waals surface area contributed by atoms with Gasteiger partial charge in [0.1, 0.15) is 0 Å². The summed E-state index contributed by atoms with van der Waals surface area (Å²) in [5, 5.41) is 2.83. The summed E-state index contributed by atoms with van der Waals surface area (Å²) in [6, 6.07) is 9.15. The highest BCUT2D eigenvalue weighted by Crippen LogP contribution is 2.03. The minimum absolute atomic E-state index is 0.0688. The molecule has 0 bridgehead atoms. The third kappa shape index (κ3) is 3.72. The highest BCUT2D eigenvalue weighted by atomic mass is 16.1. The highest BCUT2D eigenvalue weighted by molar-refractivity contribution is 5.94. The first-order chi connectivity index (χ1) is 7.05. The van der Waals surface area contributed by atoms with Gasteiger partial charge in [-0.3, -0.25) is 4.79 Å². The normalized spacial score (nSPS) is 14.3. The first-order valence-corrected chi connectivity index (χ1v) is 5.17. The van der Waals surface area contributed by atoms with Crippen molar-refractivity contribution >= 4 is 5.91 Å². The second kappa shape index (κ2) is 4.94. The van der Waals surface area contributed by atoms with E-state index in [0.717, 1.165) is 6.42 Å². The molecule has 0 fully saturated rings. The first-order valence-electron chi connectivity index (χ1n) is 5.17. The number of hydrogen-bond donors (Lipinski definition) is 2. The first kappa shape index (κ1) is 11.7. The molecule has 1 amide bonds. The van der Waals surface area contributed by atoms with E-state index in [1.807, 2.05) is 32.0 Å². The Hall–Kier alpha value is -1.35. The maximum absolute atomic E-state index is 11.6. The monoisotopic (exact) mass is 206 g/mol. The quantitative estimate of drug-likeness (QED) is 0.785. The number of carbonyl (C=O) groups excluding carboxylic acids is 1. The molecular formula is C12H18N2O. The van der Waals surface area contributed by atoms with Gasteiger partial charge >= 0.3 is 0 Å². The molecular weight excluding hydrogens is 188 g/mol. The zero-order valence-electron chi connectivity index (χ0n) is 9.29. The van der Waals surface area contributed by atoms with Crippen LogP contribution in [0, 0.1) is 0 Å². The Kier molecular flexibility index (Phi) is 3.86. The summed E-state index contributed by atoms with van der Waals surface area (Å²) in [5.41, 5.74) is 6.27. The molecule has 1 atom stereocenters. The lowest BCUT2D eigenvalue weighted by Crippen LogP contribution is -2.47. The highest BCUT2D eigenvalue weighted by Gasteiger charge is 2.16. The van der Waals surface area contributed by atoms with Crippen molar-refractivity contribution < 1.29 is 4.79 Å². The van der Waals surface area contributed by atoms with E-state index < -0.39 is 0 Å². The van der Waals surface area contributed by atoms with E-state index in [-0.39, 0.29) is 11.4 Å². The number of rotatable bonds is 4. The molecule has 15 heavy (non-hydrogen) atoms. The van der Waals surface area contributed by atoms with Crippen molar-refractivity contribution in [2.45, 2.75) is 25.8 Å². The van der Waals surface area contributed by atoms with E-state index in [4.69, 9.17) is 5.73 Å². The molecule has 3 N–H and O–H groups in total. The molecule has 3 nitrogen and oxygen atoms in total. The fourth-order valence-electron chi connectivity index (χ4n) is 1.10. The van der Waals surface area contributed by atoms with E-state index >= 15 is 0 Å². The zero-order chi connectivity index (χ0) is 11.3. The minimum Gasteiger partial charge on any atom is -0.350 e. The van der Waals surface area contributed by atoms with Crippen molar-refractivity contribution in [2.24, 2.45) is 5.73 Å². The van der Waals surface area contributed by atoms with E-state index in [1.54, 1.807) is 12.1 Å². The van der Waals surface area contributed by atoms with Crippen LogP contribution in [0.4, 0.5) is 0 Å². The van der Waals surface area contributed by atoms with Gasteiger partial charge in [0.05, 0.1) is 0 Å². The lowest BCUT2D eigenvalue weighted by molar-refractivity contribution is 0.0944. The predicted octanol–water partition coefficient (Wildman–Crippen LogP) is 1.54. The van der Waals surface area contributed by atoms with Crippen LogP contribution in [0.5, 0.6) is 0 Å². The molecule has 0 spiro atoms. The summed E-state index contributed by atoms with van der Waals surface area (Å²) in [5.74, 6) is -0.0688. The van der Waals surface area contributed by atoms with Crippen LogP contribution in [0.3, 0.4) is 0 Å². The lowest BCUT2D eigenvalue weighted by atomic mass is 10.0. The maximum Gasteiger partial charge on any atom is 0.251 e. The summed E-state index contributed by atoms with van der Waals surface area (Å²) < 4.78 is 0. The van der Waals surface area contributed by atoms with E-state index in [9.17, 15) is 4.79 Å². The topological polar surface area (TPSA) is 55.1 Å². The Balaban J connectivity index is 2.51. The van der Waals surface area contributed by atoms with E-state index in [0.29, 0.717) is 12.1 Å². The summed E-state index contributed by atoms with van der Waals surface area (Å²) >= 11 is 0. The van der Waals surface area contributed by atoms with Crippen molar-refractivity contribution in [3.63, 3.8) is 0 Å². The molecule has 0 aromatic heterocycles. The van der Waals surface area contributed by atoms with Crippen molar-refractivity contribution in [2.75, 3.05) is 6.54 Å². The molecule has 82 valence electrons. The Bertz CT molecular complexity index is 320. The number of benzene rings is 1. The Morgan fingerprint density at radius 2 is 2.00 bits per heavy atom. The largest absolute Gasteiger partial charge is 0.350 e. The summed E-state index contributed by atoms with van der Waals surface area (Å²) in [6.45, 7) is 4.43. The zero-order valence-corrected chi connectivity index (χ0v) is 9.29. The molecule has 0 unspecified atom stereocenters. The van der Waals surface area contributed by atoms with Crippen LogP contribution < -0.4 is 11.1 Å². The molecule has 0 radical (unpaired) electrons. The van der Waals surface area contributed by atoms with Crippen LogP contribution in [-0.2, 0) is 0 Å². The number of nitrogens with two attached hydrogens (primary N) is 1. The molecule has 0 aliphatic rings. The van der Waals surface area contributed by atoms with Crippen LogP contribution in [0.25, 0.3) is 0 Å². The fourth-order valence-corrected chi connectivity index (χ4v) is 1.10. The third-order valence-corrected chi connectivity index (χ3v) is 2.50. The molecule has 1 rings (SSSR count). The van der Waals surface area contributed by atoms with Crippen LogP contribution in [0.1, 0.15) is 30.6 Å². The van der Waals surface area contributed by atoms with Crippen molar-refractivity contribution in [3.05, 3.63) is 35.9 Å². The number of carbonyl (C=O) groups is 1. The molecule has 0 saturated heterocycles. The van der Waals surface area contributed by atoms with Crippen LogP contribution >= 0.6 is 0 Å². The molecule has 0 heterocycles. The fraction of sp³-hybridized carbons (Fsp3) is 0.417. The Morgan fingerprint density at radius 3 is 2.53 bits per heavy atom. The smallest absolute Gasteiger partial charge is 0.251 e. The van der Waals surface area contributed by atoms with Gasteiger partial charge in [0.25, 0.3) is 5.91 Å². The van der Waals surface area contributed by atoms with Crippen LogP contribution in [0.2, 0.25) is 0 Å². The van der Waals surface area contributed by atoms with Crippen molar-refractivity contribution in [1.29, 1.82) is 0 Å². The molecule has 0 saturated carbocycles. The standard InChI is InChI=1S/C12H18N2O/c1-3-12(2,13)9-14-11(15)10-7-5-4-6-8-10/h4-8H,3,9,13H2,1-2H3,(H,14,15)/t12-/m0/s1. The number of nitrogens with one attached hydrogen (secondary N) is 1. The molecule has 3 heteroatoms. The second-order valence-electron chi connectivity index (χ2n) is 4.06. The van der Waals surface area contributed by atoms with E-state index in [1.165, 1.54) is 0 Å². The third-order valence-electron chi connectivity index (χ3n) is 2.50. The lowest BCUT2D eigenvalue weighted by Gasteiger charge is -2.22. The van der Waals surface area contributed by atoms with Gasteiger partial charge < -0.3 is 11.1 Å². The second-order valence-corrected chi connectivity index (χ2v) is 4.06. The average molecular weight is 206 g/mol. The molecule has 1 aromatic rings. The van der Waals surface area contributed by atoms with Gasteiger partial charge in [-0.15, -0.1) is 0 Å². The van der Waals surface area contributed by atoms with E-state index in [2.05, 4.69) is 5.32 Å². The Morgan fingerprint density at radius 1 is 1.40 bits per heavy atom. The van der Waals surface area contributed by atoms with Gasteiger partial charge in [0, 0.05) is 17.6 Å². The average Bonchev–Trinajstić information content (AvgIpc) is 2.27. The molecule has 0 aliphatic heterocycles. The van der Waals surface area contributed by atoms with Gasteiger partial charge in [-0.1, -0.05) is 25.1 Å². The van der Waals surface area contributed by atoms with Gasteiger partial charge in [-0.25, -0.2) is 0 Å². The van der Waals surface area contributed by atoms with Gasteiger partial charge in [-0.2, -0.15) is 0 Å². The maximum atomic E-state index is 11.6. The molecule has 0 aliphatic carbocycles. The van der Waals surface area contributed by atoms with Gasteiger partial charge in [-0.05, 0) is 25.5 Å². The van der Waals surface area contributed by atoms with Crippen LogP contribution in [0.15, 0.2) is 30.3 Å². The van der Waals surface area contributed by atoms with Gasteiger partial charge in [0.15, 0.2) is 0 Å². The summed E-state index contributed by atoms with van der Waals surface area (Å²) in [7, 11) is 0. The van der Waals surface area contributed by atoms with Gasteiger partial charge in [0.2, 0.25) is 0 Å². The number of hydrogen-bond acceptors (Lipinski definition) is 2. The Labute approximate surface area is 90.7 Å². The predicted molar refractivity (Wildman–Crippen MR) is 61.7 cm³/mol.